The van der Waals surface area contributed by atoms with Crippen molar-refractivity contribution >= 4 is 55.1 Å². The van der Waals surface area contributed by atoms with Crippen LogP contribution in [0.25, 0.3) is 60.3 Å². The lowest BCUT2D eigenvalue weighted by atomic mass is 9.83. The van der Waals surface area contributed by atoms with Crippen molar-refractivity contribution in [3.63, 3.8) is 0 Å². The topological polar surface area (TPSA) is 16.4 Å². The normalized spacial score (nSPS) is 14.4. The van der Waals surface area contributed by atoms with Gasteiger partial charge in [0.15, 0.2) is 0 Å². The van der Waals surface area contributed by atoms with E-state index in [1.54, 1.807) is 5.57 Å². The minimum atomic E-state index is 0.926. The molecule has 8 aromatic rings. The maximum Gasteiger partial charge on any atom is 0.139 e. The van der Waals surface area contributed by atoms with Crippen LogP contribution in [0.1, 0.15) is 37.9 Å². The van der Waals surface area contributed by atoms with Gasteiger partial charge in [-0.2, -0.15) is 0 Å². The van der Waals surface area contributed by atoms with Crippen LogP contribution in [0.5, 0.6) is 0 Å². The average Bonchev–Trinajstić information content (AvgIpc) is 3.46. The molecule has 0 saturated heterocycles. The van der Waals surface area contributed by atoms with Crippen LogP contribution in [0.2, 0.25) is 0 Å². The predicted octanol–water partition coefficient (Wildman–Crippen LogP) is 14.8. The largest absolute Gasteiger partial charge is 0.456 e. The van der Waals surface area contributed by atoms with E-state index < -0.39 is 0 Å². The number of benzene rings is 7. The van der Waals surface area contributed by atoms with Gasteiger partial charge in [0.05, 0.1) is 0 Å². The molecule has 2 aliphatic rings. The first-order valence-corrected chi connectivity index (χ1v) is 18.9. The van der Waals surface area contributed by atoms with Crippen LogP contribution in [0.4, 0.5) is 17.1 Å². The summed E-state index contributed by atoms with van der Waals surface area (Å²) < 4.78 is 6.94. The number of para-hydroxylation sites is 3. The molecule has 10 rings (SSSR count). The predicted molar refractivity (Wildman–Crippen MR) is 224 cm³/mol. The van der Waals surface area contributed by atoms with Crippen LogP contribution in [0.3, 0.4) is 0 Å². The number of fused-ring (bicyclic) bond motifs is 3. The molecule has 0 saturated carbocycles. The molecule has 0 aliphatic heterocycles. The molecule has 7 aromatic carbocycles. The summed E-state index contributed by atoms with van der Waals surface area (Å²) in [6.45, 7) is 0. The van der Waals surface area contributed by atoms with Crippen molar-refractivity contribution < 1.29 is 4.42 Å². The van der Waals surface area contributed by atoms with Crippen molar-refractivity contribution in [2.75, 3.05) is 4.90 Å². The lowest BCUT2D eigenvalue weighted by molar-refractivity contribution is 0.597. The van der Waals surface area contributed by atoms with E-state index in [1.165, 1.54) is 74.2 Å². The van der Waals surface area contributed by atoms with Gasteiger partial charge >= 0.3 is 0 Å². The molecule has 2 nitrogen and oxygen atoms in total. The summed E-state index contributed by atoms with van der Waals surface area (Å²) in [5.74, 6) is 0.988. The summed E-state index contributed by atoms with van der Waals surface area (Å²) in [6, 6.07) is 56.8. The second kappa shape index (κ2) is 13.3. The molecule has 0 amide bonds. The molecule has 1 heterocycles. The smallest absolute Gasteiger partial charge is 0.139 e. The molecule has 0 unspecified atom stereocenters. The van der Waals surface area contributed by atoms with Crippen molar-refractivity contribution in [3.8, 4) is 22.3 Å². The van der Waals surface area contributed by atoms with E-state index in [0.29, 0.717) is 0 Å². The van der Waals surface area contributed by atoms with Gasteiger partial charge in [-0.05, 0) is 118 Å². The fourth-order valence-corrected chi connectivity index (χ4v) is 8.75. The molecule has 254 valence electrons. The van der Waals surface area contributed by atoms with Crippen molar-refractivity contribution in [1.29, 1.82) is 0 Å². The fraction of sp³-hybridized carbons (Fsp3) is 0.0980. The molecule has 0 bridgehead atoms. The molecule has 2 aliphatic carbocycles. The molecule has 2 heteroatoms. The molecular formula is C51H39NO. The van der Waals surface area contributed by atoms with Crippen molar-refractivity contribution in [2.45, 2.75) is 32.1 Å². The van der Waals surface area contributed by atoms with E-state index in [0.717, 1.165) is 46.6 Å². The second-order valence-corrected chi connectivity index (χ2v) is 14.3. The molecule has 0 spiro atoms. The zero-order valence-corrected chi connectivity index (χ0v) is 29.6. The Bertz CT molecular complexity index is 2650. The minimum Gasteiger partial charge on any atom is -0.456 e. The van der Waals surface area contributed by atoms with Gasteiger partial charge in [0.2, 0.25) is 0 Å². The Balaban J connectivity index is 1.22. The quantitative estimate of drug-likeness (QED) is 0.162. The van der Waals surface area contributed by atoms with Crippen molar-refractivity contribution in [1.82, 2.24) is 0 Å². The monoisotopic (exact) mass is 681 g/mol. The van der Waals surface area contributed by atoms with E-state index in [1.807, 2.05) is 0 Å². The van der Waals surface area contributed by atoms with Crippen LogP contribution in [-0.4, -0.2) is 0 Å². The van der Waals surface area contributed by atoms with Gasteiger partial charge in [-0.15, -0.1) is 0 Å². The lowest BCUT2D eigenvalue weighted by Gasteiger charge is -2.26. The maximum absolute atomic E-state index is 6.94. The summed E-state index contributed by atoms with van der Waals surface area (Å²) >= 11 is 0. The Labute approximate surface area is 310 Å². The van der Waals surface area contributed by atoms with Gasteiger partial charge in [-0.3, -0.25) is 0 Å². The first-order valence-electron chi connectivity index (χ1n) is 18.9. The third-order valence-corrected chi connectivity index (χ3v) is 11.1. The highest BCUT2D eigenvalue weighted by molar-refractivity contribution is 6.24. The van der Waals surface area contributed by atoms with E-state index in [4.69, 9.17) is 4.42 Å². The highest BCUT2D eigenvalue weighted by Gasteiger charge is 2.26. The average molecular weight is 682 g/mol. The number of hydrogen-bond acceptors (Lipinski definition) is 2. The Morgan fingerprint density at radius 3 is 1.72 bits per heavy atom. The molecule has 0 radical (unpaired) electrons. The van der Waals surface area contributed by atoms with Gasteiger partial charge in [-0.25, -0.2) is 0 Å². The SMILES string of the molecule is C1=CC2=C(CCCC2)CC(c2oc3ccccc3c2-c2c3ccccc3c(-c3cccc(N(c4ccccc4)c4ccccc4)c3)c3ccccc23)=C1. The highest BCUT2D eigenvalue weighted by atomic mass is 16.3. The first-order chi connectivity index (χ1) is 26.3. The molecule has 1 aromatic heterocycles. The molecular weight excluding hydrogens is 643 g/mol. The number of nitrogens with zero attached hydrogens (tertiary/aromatic N) is 1. The van der Waals surface area contributed by atoms with Gasteiger partial charge < -0.3 is 9.32 Å². The van der Waals surface area contributed by atoms with Gasteiger partial charge in [0.1, 0.15) is 11.3 Å². The van der Waals surface area contributed by atoms with Crippen LogP contribution in [0, 0.1) is 0 Å². The maximum atomic E-state index is 6.94. The Morgan fingerprint density at radius 1 is 0.472 bits per heavy atom. The van der Waals surface area contributed by atoms with E-state index >= 15 is 0 Å². The number of anilines is 3. The Morgan fingerprint density at radius 2 is 1.04 bits per heavy atom. The third kappa shape index (κ3) is 5.50. The highest BCUT2D eigenvalue weighted by Crippen LogP contribution is 2.50. The molecule has 0 fully saturated rings. The van der Waals surface area contributed by atoms with Crippen molar-refractivity contribution in [2.24, 2.45) is 0 Å². The van der Waals surface area contributed by atoms with E-state index in [-0.39, 0.29) is 0 Å². The second-order valence-electron chi connectivity index (χ2n) is 14.3. The summed E-state index contributed by atoms with van der Waals surface area (Å²) in [6.07, 6.45) is 12.7. The molecule has 53 heavy (non-hydrogen) atoms. The minimum absolute atomic E-state index is 0.926. The fourth-order valence-electron chi connectivity index (χ4n) is 8.75. The number of hydrogen-bond donors (Lipinski definition) is 0. The number of allylic oxidation sites excluding steroid dienone is 6. The summed E-state index contributed by atoms with van der Waals surface area (Å²) in [7, 11) is 0. The van der Waals surface area contributed by atoms with E-state index in [2.05, 4.69) is 181 Å². The van der Waals surface area contributed by atoms with Gasteiger partial charge in [0, 0.05) is 33.6 Å². The zero-order valence-electron chi connectivity index (χ0n) is 29.6. The van der Waals surface area contributed by atoms with Gasteiger partial charge in [0.25, 0.3) is 0 Å². The van der Waals surface area contributed by atoms with Crippen LogP contribution >= 0.6 is 0 Å². The van der Waals surface area contributed by atoms with Crippen LogP contribution in [-0.2, 0) is 0 Å². The van der Waals surface area contributed by atoms with E-state index in [9.17, 15) is 0 Å². The molecule has 0 N–H and O–H groups in total. The summed E-state index contributed by atoms with van der Waals surface area (Å²) in [5, 5.41) is 6.07. The Kier molecular flexibility index (Phi) is 7.87. The Hall–Kier alpha value is -6.38. The summed E-state index contributed by atoms with van der Waals surface area (Å²) in [5.41, 5.74) is 13.5. The lowest BCUT2D eigenvalue weighted by Crippen LogP contribution is -2.09. The van der Waals surface area contributed by atoms with Crippen molar-refractivity contribution in [3.05, 3.63) is 193 Å². The van der Waals surface area contributed by atoms with Gasteiger partial charge in [-0.1, -0.05) is 139 Å². The first kappa shape index (κ1) is 31.4. The van der Waals surface area contributed by atoms with Crippen LogP contribution in [0.15, 0.2) is 192 Å². The zero-order chi connectivity index (χ0) is 35.1. The molecule has 0 atom stereocenters. The number of rotatable bonds is 6. The standard InChI is InChI=1S/C51H39NO/c1-3-22-39(23-4-1)52(40-24-5-2-6-25-40)41-26-16-20-37(34-41)48-42-27-9-11-29-44(42)49(45-30-12-10-28-43(45)48)50-46-31-13-14-32-47(46)53-51(50)38-21-15-19-35-17-7-8-18-36(35)33-38/h1-6,9-16,19-32,34H,7-8,17-18,33H2. The van der Waals surface area contributed by atoms with Crippen LogP contribution < -0.4 is 4.90 Å². The number of furan rings is 1. The summed E-state index contributed by atoms with van der Waals surface area (Å²) in [4.78, 5) is 2.34. The third-order valence-electron chi connectivity index (χ3n) is 11.1.